The Bertz CT molecular complexity index is 1080. The molecule has 1 aromatic heterocycles. The fourth-order valence-electron chi connectivity index (χ4n) is 4.59. The summed E-state index contributed by atoms with van der Waals surface area (Å²) in [5, 5.41) is 5.25. The molecule has 2 bridgehead atoms. The van der Waals surface area contributed by atoms with E-state index in [1.165, 1.54) is 0 Å². The number of fused-ring (bicyclic) bond motifs is 5. The van der Waals surface area contributed by atoms with E-state index < -0.39 is 0 Å². The minimum Gasteiger partial charge on any atom is -0.324 e. The number of anilines is 1. The van der Waals surface area contributed by atoms with Crippen LogP contribution in [-0.4, -0.2) is 28.6 Å². The van der Waals surface area contributed by atoms with Crippen molar-refractivity contribution in [2.24, 2.45) is 5.92 Å². The lowest BCUT2D eigenvalue weighted by Gasteiger charge is -2.42. The molecule has 0 aliphatic carbocycles. The molecule has 2 aliphatic rings. The zero-order valence-corrected chi connectivity index (χ0v) is 15.0. The molecule has 2 atom stereocenters. The van der Waals surface area contributed by atoms with Gasteiger partial charge in [-0.1, -0.05) is 42.5 Å². The fraction of sp³-hybridized carbons (Fsp3) is 0.273. The van der Waals surface area contributed by atoms with Crippen molar-refractivity contribution in [3.8, 4) is 0 Å². The number of amides is 2. The van der Waals surface area contributed by atoms with E-state index in [4.69, 9.17) is 0 Å². The first kappa shape index (κ1) is 16.1. The molecule has 2 aliphatic heterocycles. The van der Waals surface area contributed by atoms with Gasteiger partial charge in [0.25, 0.3) is 5.56 Å². The van der Waals surface area contributed by atoms with E-state index in [0.29, 0.717) is 25.6 Å². The molecule has 1 N–H and O–H groups in total. The number of carbonyl (C=O) groups excluding carboxylic acids is 1. The Kier molecular flexibility index (Phi) is 3.74. The Morgan fingerprint density at radius 2 is 1.74 bits per heavy atom. The fourth-order valence-corrected chi connectivity index (χ4v) is 4.59. The highest BCUT2D eigenvalue weighted by molar-refractivity contribution is 6.01. The van der Waals surface area contributed by atoms with E-state index in [1.54, 1.807) is 6.07 Å². The van der Waals surface area contributed by atoms with E-state index in [1.807, 2.05) is 64.1 Å². The minimum atomic E-state index is -0.0622. The highest BCUT2D eigenvalue weighted by Gasteiger charge is 2.36. The molecule has 27 heavy (non-hydrogen) atoms. The van der Waals surface area contributed by atoms with Crippen LogP contribution in [0.1, 0.15) is 18.0 Å². The third-order valence-electron chi connectivity index (χ3n) is 5.80. The topological polar surface area (TPSA) is 54.3 Å². The Morgan fingerprint density at radius 3 is 2.67 bits per heavy atom. The molecule has 0 saturated carbocycles. The van der Waals surface area contributed by atoms with Gasteiger partial charge in [-0.2, -0.15) is 0 Å². The summed E-state index contributed by atoms with van der Waals surface area (Å²) in [6.45, 7) is 2.04. The summed E-state index contributed by atoms with van der Waals surface area (Å²) < 4.78 is 1.89. The number of carbonyl (C=O) groups is 1. The van der Waals surface area contributed by atoms with Gasteiger partial charge in [-0.25, -0.2) is 4.79 Å². The van der Waals surface area contributed by atoms with Crippen molar-refractivity contribution in [2.75, 3.05) is 18.4 Å². The summed E-state index contributed by atoms with van der Waals surface area (Å²) in [4.78, 5) is 27.0. The Morgan fingerprint density at radius 1 is 0.926 bits per heavy atom. The Hall–Kier alpha value is -3.08. The minimum absolute atomic E-state index is 0.0622. The van der Waals surface area contributed by atoms with Crippen LogP contribution in [0.5, 0.6) is 0 Å². The summed E-state index contributed by atoms with van der Waals surface area (Å²) in [6.07, 6.45) is 1.04. The third kappa shape index (κ3) is 2.79. The number of aromatic nitrogens is 1. The van der Waals surface area contributed by atoms with E-state index in [9.17, 15) is 9.59 Å². The molecule has 1 saturated heterocycles. The summed E-state index contributed by atoms with van der Waals surface area (Å²) in [5.41, 5.74) is 1.96. The maximum atomic E-state index is 13.0. The van der Waals surface area contributed by atoms with Gasteiger partial charge in [0.05, 0.1) is 5.69 Å². The first-order chi connectivity index (χ1) is 13.2. The van der Waals surface area contributed by atoms with Gasteiger partial charge in [-0.15, -0.1) is 0 Å². The number of nitrogens with one attached hydrogen (secondary N) is 1. The standard InChI is InChI=1S/C22H21N3O2/c26-21-10-4-9-20-17-11-15(13-25(20)21)12-24(14-17)22(27)23-19-8-3-6-16-5-1-2-7-18(16)19/h1-10,15,17H,11-14H2,(H,23,27)/t15-,17+/m1/s1. The predicted molar refractivity (Wildman–Crippen MR) is 106 cm³/mol. The smallest absolute Gasteiger partial charge is 0.321 e. The van der Waals surface area contributed by atoms with Crippen molar-refractivity contribution >= 4 is 22.5 Å². The zero-order chi connectivity index (χ0) is 18.4. The van der Waals surface area contributed by atoms with Crippen LogP contribution in [0.25, 0.3) is 10.8 Å². The molecule has 2 amide bonds. The first-order valence-corrected chi connectivity index (χ1v) is 9.42. The van der Waals surface area contributed by atoms with Gasteiger partial charge < -0.3 is 14.8 Å². The van der Waals surface area contributed by atoms with Gasteiger partial charge >= 0.3 is 6.03 Å². The molecular weight excluding hydrogens is 338 g/mol. The summed E-state index contributed by atoms with van der Waals surface area (Å²) >= 11 is 0. The number of nitrogens with zero attached hydrogens (tertiary/aromatic N) is 2. The summed E-state index contributed by atoms with van der Waals surface area (Å²) in [6, 6.07) is 19.4. The largest absolute Gasteiger partial charge is 0.324 e. The molecule has 3 heterocycles. The maximum Gasteiger partial charge on any atom is 0.321 e. The number of piperidine rings is 1. The lowest BCUT2D eigenvalue weighted by Crippen LogP contribution is -2.50. The second-order valence-corrected chi connectivity index (χ2v) is 7.56. The van der Waals surface area contributed by atoms with E-state index >= 15 is 0 Å². The lowest BCUT2D eigenvalue weighted by atomic mass is 9.83. The number of hydrogen-bond acceptors (Lipinski definition) is 2. The van der Waals surface area contributed by atoms with Crippen molar-refractivity contribution in [1.82, 2.24) is 9.47 Å². The van der Waals surface area contributed by atoms with Gasteiger partial charge in [0.2, 0.25) is 0 Å². The molecule has 5 nitrogen and oxygen atoms in total. The van der Waals surface area contributed by atoms with Crippen molar-refractivity contribution in [2.45, 2.75) is 18.9 Å². The molecular formula is C22H21N3O2. The number of rotatable bonds is 1. The highest BCUT2D eigenvalue weighted by atomic mass is 16.2. The molecule has 2 aromatic carbocycles. The van der Waals surface area contributed by atoms with Gasteiger partial charge in [0.15, 0.2) is 0 Å². The van der Waals surface area contributed by atoms with Crippen LogP contribution >= 0.6 is 0 Å². The van der Waals surface area contributed by atoms with E-state index in [0.717, 1.165) is 28.6 Å². The molecule has 5 heteroatoms. The molecule has 3 aromatic rings. The van der Waals surface area contributed by atoms with Crippen LogP contribution in [0.2, 0.25) is 0 Å². The number of urea groups is 1. The predicted octanol–water partition coefficient (Wildman–Crippen LogP) is 3.65. The average molecular weight is 359 g/mol. The third-order valence-corrected chi connectivity index (χ3v) is 5.80. The van der Waals surface area contributed by atoms with Crippen molar-refractivity contribution in [1.29, 1.82) is 0 Å². The van der Waals surface area contributed by atoms with Gasteiger partial charge in [0.1, 0.15) is 0 Å². The van der Waals surface area contributed by atoms with Crippen LogP contribution in [0, 0.1) is 5.92 Å². The SMILES string of the molecule is O=C(Nc1cccc2ccccc12)N1C[C@H]2C[C@@H](C1)c1cccc(=O)n1C2. The van der Waals surface area contributed by atoms with E-state index in [-0.39, 0.29) is 17.5 Å². The molecule has 5 rings (SSSR count). The van der Waals surface area contributed by atoms with Crippen LogP contribution in [-0.2, 0) is 6.54 Å². The monoisotopic (exact) mass is 359 g/mol. The molecule has 0 spiro atoms. The number of pyridine rings is 1. The molecule has 0 radical (unpaired) electrons. The van der Waals surface area contributed by atoms with Crippen LogP contribution < -0.4 is 10.9 Å². The lowest BCUT2D eigenvalue weighted by molar-refractivity contribution is 0.139. The van der Waals surface area contributed by atoms with Crippen LogP contribution in [0.4, 0.5) is 10.5 Å². The summed E-state index contributed by atoms with van der Waals surface area (Å²) in [5.74, 6) is 0.555. The summed E-state index contributed by atoms with van der Waals surface area (Å²) in [7, 11) is 0. The van der Waals surface area contributed by atoms with Crippen molar-refractivity contribution in [3.63, 3.8) is 0 Å². The normalized spacial score (nSPS) is 21.0. The van der Waals surface area contributed by atoms with E-state index in [2.05, 4.69) is 5.32 Å². The number of benzene rings is 2. The first-order valence-electron chi connectivity index (χ1n) is 9.42. The number of likely N-dealkylation sites (tertiary alicyclic amines) is 1. The van der Waals surface area contributed by atoms with Gasteiger partial charge in [-0.05, 0) is 29.9 Å². The zero-order valence-electron chi connectivity index (χ0n) is 15.0. The van der Waals surface area contributed by atoms with Crippen LogP contribution in [0.15, 0.2) is 65.5 Å². The molecule has 0 unspecified atom stereocenters. The van der Waals surface area contributed by atoms with Crippen molar-refractivity contribution < 1.29 is 4.79 Å². The van der Waals surface area contributed by atoms with Gasteiger partial charge in [0, 0.05) is 42.7 Å². The van der Waals surface area contributed by atoms with Crippen LogP contribution in [0.3, 0.4) is 0 Å². The van der Waals surface area contributed by atoms with Crippen molar-refractivity contribution in [3.05, 3.63) is 76.7 Å². The quantitative estimate of drug-likeness (QED) is 0.721. The average Bonchev–Trinajstić information content (AvgIpc) is 2.69. The molecule has 1 fully saturated rings. The van der Waals surface area contributed by atoms with Gasteiger partial charge in [-0.3, -0.25) is 4.79 Å². The Balaban J connectivity index is 1.40. The Labute approximate surface area is 157 Å². The number of hydrogen-bond donors (Lipinski definition) is 1. The second-order valence-electron chi connectivity index (χ2n) is 7.56. The second kappa shape index (κ2) is 6.27. The highest BCUT2D eigenvalue weighted by Crippen LogP contribution is 2.35. The molecule has 136 valence electrons. The maximum absolute atomic E-state index is 13.0.